The molecular formula is C16H16N2O2S. The molecule has 0 aromatic heterocycles. The van der Waals surface area contributed by atoms with E-state index in [0.29, 0.717) is 11.3 Å². The van der Waals surface area contributed by atoms with Crippen molar-refractivity contribution < 1.29 is 9.90 Å². The van der Waals surface area contributed by atoms with Crippen molar-refractivity contribution in [1.82, 2.24) is 5.32 Å². The Labute approximate surface area is 128 Å². The molecule has 0 saturated heterocycles. The molecule has 108 valence electrons. The maximum absolute atomic E-state index is 12.0. The van der Waals surface area contributed by atoms with E-state index in [0.717, 1.165) is 11.1 Å². The number of nitrogens with one attached hydrogen (secondary N) is 2. The standard InChI is InChI=1S/C16H16N2O2S/c1-10-8-13(14(19)9-11(10)2)17-16(21)18-15(20)12-6-4-3-5-7-12/h3-9,19H,1-2H3,(H2,17,18,20,21). The number of aryl methyl sites for hydroxylation is 2. The average molecular weight is 300 g/mol. The van der Waals surface area contributed by atoms with Gasteiger partial charge in [0.1, 0.15) is 5.75 Å². The lowest BCUT2D eigenvalue weighted by Gasteiger charge is -2.12. The molecule has 0 heterocycles. The van der Waals surface area contributed by atoms with Gasteiger partial charge in [-0.1, -0.05) is 18.2 Å². The van der Waals surface area contributed by atoms with E-state index >= 15 is 0 Å². The molecule has 0 saturated carbocycles. The van der Waals surface area contributed by atoms with E-state index in [2.05, 4.69) is 10.6 Å². The maximum Gasteiger partial charge on any atom is 0.257 e. The van der Waals surface area contributed by atoms with Crippen LogP contribution in [0, 0.1) is 13.8 Å². The van der Waals surface area contributed by atoms with Crippen LogP contribution in [-0.4, -0.2) is 16.1 Å². The van der Waals surface area contributed by atoms with Gasteiger partial charge in [-0.15, -0.1) is 0 Å². The largest absolute Gasteiger partial charge is 0.506 e. The molecule has 0 aliphatic rings. The zero-order valence-electron chi connectivity index (χ0n) is 11.8. The highest BCUT2D eigenvalue weighted by atomic mass is 32.1. The van der Waals surface area contributed by atoms with Gasteiger partial charge in [-0.05, 0) is 61.5 Å². The molecule has 4 nitrogen and oxygen atoms in total. The van der Waals surface area contributed by atoms with Crippen molar-refractivity contribution in [1.29, 1.82) is 0 Å². The first-order chi connectivity index (χ1) is 9.97. The average Bonchev–Trinajstić information content (AvgIpc) is 2.45. The zero-order valence-corrected chi connectivity index (χ0v) is 12.6. The third-order valence-electron chi connectivity index (χ3n) is 3.12. The van der Waals surface area contributed by atoms with Gasteiger partial charge in [0.25, 0.3) is 5.91 Å². The number of aromatic hydroxyl groups is 1. The van der Waals surface area contributed by atoms with Crippen LogP contribution in [0.25, 0.3) is 0 Å². The number of benzene rings is 2. The van der Waals surface area contributed by atoms with Gasteiger partial charge in [0.2, 0.25) is 0 Å². The van der Waals surface area contributed by atoms with E-state index in [-0.39, 0.29) is 16.8 Å². The number of carbonyl (C=O) groups is 1. The second-order valence-corrected chi connectivity index (χ2v) is 5.14. The van der Waals surface area contributed by atoms with Crippen LogP contribution in [0.2, 0.25) is 0 Å². The van der Waals surface area contributed by atoms with Gasteiger partial charge in [0, 0.05) is 5.56 Å². The molecule has 0 fully saturated rings. The molecule has 2 rings (SSSR count). The van der Waals surface area contributed by atoms with Crippen LogP contribution in [-0.2, 0) is 0 Å². The lowest BCUT2D eigenvalue weighted by atomic mass is 10.1. The van der Waals surface area contributed by atoms with E-state index in [4.69, 9.17) is 12.2 Å². The van der Waals surface area contributed by atoms with Gasteiger partial charge in [0.15, 0.2) is 5.11 Å². The molecule has 0 radical (unpaired) electrons. The predicted octanol–water partition coefficient (Wildman–Crippen LogP) is 3.14. The molecule has 0 atom stereocenters. The fourth-order valence-electron chi connectivity index (χ4n) is 1.82. The van der Waals surface area contributed by atoms with Gasteiger partial charge in [-0.25, -0.2) is 0 Å². The summed E-state index contributed by atoms with van der Waals surface area (Å²) in [6.07, 6.45) is 0. The fraction of sp³-hybridized carbons (Fsp3) is 0.125. The van der Waals surface area contributed by atoms with Crippen LogP contribution in [0.5, 0.6) is 5.75 Å². The van der Waals surface area contributed by atoms with Crippen molar-refractivity contribution in [3.8, 4) is 5.75 Å². The lowest BCUT2D eigenvalue weighted by Crippen LogP contribution is -2.34. The molecule has 0 bridgehead atoms. The van der Waals surface area contributed by atoms with Crippen molar-refractivity contribution in [2.45, 2.75) is 13.8 Å². The Bertz CT molecular complexity index is 684. The van der Waals surface area contributed by atoms with Gasteiger partial charge in [-0.3, -0.25) is 10.1 Å². The Kier molecular flexibility index (Phi) is 4.55. The second kappa shape index (κ2) is 6.37. The SMILES string of the molecule is Cc1cc(O)c(NC(=S)NC(=O)c2ccccc2)cc1C. The smallest absolute Gasteiger partial charge is 0.257 e. The molecule has 0 aliphatic carbocycles. The highest BCUT2D eigenvalue weighted by Gasteiger charge is 2.10. The number of hydrogen-bond donors (Lipinski definition) is 3. The molecule has 21 heavy (non-hydrogen) atoms. The quantitative estimate of drug-likeness (QED) is 0.589. The van der Waals surface area contributed by atoms with E-state index in [9.17, 15) is 9.90 Å². The highest BCUT2D eigenvalue weighted by molar-refractivity contribution is 7.80. The van der Waals surface area contributed by atoms with Crippen molar-refractivity contribution >= 4 is 28.9 Å². The Balaban J connectivity index is 2.06. The summed E-state index contributed by atoms with van der Waals surface area (Å²) >= 11 is 5.09. The second-order valence-electron chi connectivity index (χ2n) is 4.73. The Hall–Kier alpha value is -2.40. The summed E-state index contributed by atoms with van der Waals surface area (Å²) < 4.78 is 0. The minimum absolute atomic E-state index is 0.0920. The van der Waals surface area contributed by atoms with E-state index in [1.165, 1.54) is 0 Å². The Morgan fingerprint density at radius 2 is 1.71 bits per heavy atom. The predicted molar refractivity (Wildman–Crippen MR) is 87.7 cm³/mol. The van der Waals surface area contributed by atoms with Gasteiger partial charge in [-0.2, -0.15) is 0 Å². The molecule has 2 aromatic carbocycles. The number of anilines is 1. The number of hydrogen-bond acceptors (Lipinski definition) is 3. The maximum atomic E-state index is 12.0. The third-order valence-corrected chi connectivity index (χ3v) is 3.33. The Morgan fingerprint density at radius 3 is 2.38 bits per heavy atom. The molecule has 3 N–H and O–H groups in total. The van der Waals surface area contributed by atoms with Crippen LogP contribution < -0.4 is 10.6 Å². The number of phenols is 1. The molecular weight excluding hydrogens is 284 g/mol. The van der Waals surface area contributed by atoms with Crippen LogP contribution in [0.4, 0.5) is 5.69 Å². The Morgan fingerprint density at radius 1 is 1.10 bits per heavy atom. The number of rotatable bonds is 2. The van der Waals surface area contributed by atoms with Crippen LogP contribution in [0.3, 0.4) is 0 Å². The number of amides is 1. The molecule has 0 unspecified atom stereocenters. The minimum atomic E-state index is -0.295. The van der Waals surface area contributed by atoms with Crippen molar-refractivity contribution in [2.24, 2.45) is 0 Å². The normalized spacial score (nSPS) is 10.0. The molecule has 2 aromatic rings. The molecule has 0 spiro atoms. The summed E-state index contributed by atoms with van der Waals surface area (Å²) in [6.45, 7) is 3.85. The molecule has 5 heteroatoms. The zero-order chi connectivity index (χ0) is 15.4. The van der Waals surface area contributed by atoms with Gasteiger partial charge < -0.3 is 10.4 Å². The van der Waals surface area contributed by atoms with E-state index < -0.39 is 0 Å². The first kappa shape index (κ1) is 15.0. The summed E-state index contributed by atoms with van der Waals surface area (Å²) in [4.78, 5) is 12.0. The van der Waals surface area contributed by atoms with E-state index in [1.807, 2.05) is 19.9 Å². The lowest BCUT2D eigenvalue weighted by molar-refractivity contribution is 0.0977. The number of carbonyl (C=O) groups excluding carboxylic acids is 1. The van der Waals surface area contributed by atoms with Gasteiger partial charge >= 0.3 is 0 Å². The first-order valence-electron chi connectivity index (χ1n) is 6.45. The van der Waals surface area contributed by atoms with Crippen molar-refractivity contribution in [3.05, 3.63) is 59.2 Å². The summed E-state index contributed by atoms with van der Waals surface area (Å²) in [7, 11) is 0. The van der Waals surface area contributed by atoms with E-state index in [1.54, 1.807) is 36.4 Å². The van der Waals surface area contributed by atoms with Crippen LogP contribution in [0.1, 0.15) is 21.5 Å². The van der Waals surface area contributed by atoms with Crippen LogP contribution in [0.15, 0.2) is 42.5 Å². The molecule has 1 amide bonds. The number of thiocarbonyl (C=S) groups is 1. The topological polar surface area (TPSA) is 61.4 Å². The fourth-order valence-corrected chi connectivity index (χ4v) is 2.02. The summed E-state index contributed by atoms with van der Waals surface area (Å²) in [5.74, 6) is -0.203. The van der Waals surface area contributed by atoms with Gasteiger partial charge in [0.05, 0.1) is 5.69 Å². The van der Waals surface area contributed by atoms with Crippen molar-refractivity contribution in [3.63, 3.8) is 0 Å². The molecule has 0 aliphatic heterocycles. The first-order valence-corrected chi connectivity index (χ1v) is 6.86. The third kappa shape index (κ3) is 3.79. The van der Waals surface area contributed by atoms with Crippen LogP contribution >= 0.6 is 12.2 Å². The van der Waals surface area contributed by atoms with Crippen molar-refractivity contribution in [2.75, 3.05) is 5.32 Å². The summed E-state index contributed by atoms with van der Waals surface area (Å²) in [5, 5.41) is 15.4. The monoisotopic (exact) mass is 300 g/mol. The highest BCUT2D eigenvalue weighted by Crippen LogP contribution is 2.26. The number of phenolic OH excluding ortho intramolecular Hbond substituents is 1. The summed E-state index contributed by atoms with van der Waals surface area (Å²) in [6, 6.07) is 12.2. The minimum Gasteiger partial charge on any atom is -0.506 e. The summed E-state index contributed by atoms with van der Waals surface area (Å²) in [5.41, 5.74) is 2.99.